The first-order valence-electron chi connectivity index (χ1n) is 11.0. The zero-order valence-corrected chi connectivity index (χ0v) is 18.5. The van der Waals surface area contributed by atoms with Crippen molar-refractivity contribution in [1.82, 2.24) is 14.7 Å². The molecule has 32 heavy (non-hydrogen) atoms. The molecule has 11 heteroatoms. The van der Waals surface area contributed by atoms with Gasteiger partial charge in [0, 0.05) is 25.1 Å². The van der Waals surface area contributed by atoms with Crippen molar-refractivity contribution < 1.29 is 17.9 Å². The minimum absolute atomic E-state index is 0.215. The molecule has 5 rings (SSSR count). The molecule has 1 fully saturated rings. The van der Waals surface area contributed by atoms with E-state index in [0.717, 1.165) is 54.0 Å². The van der Waals surface area contributed by atoms with Gasteiger partial charge >= 0.3 is 16.2 Å². The van der Waals surface area contributed by atoms with Gasteiger partial charge < -0.3 is 15.3 Å². The number of carbonyl (C=O) groups excluding carboxylic acids is 1. The van der Waals surface area contributed by atoms with E-state index in [4.69, 9.17) is 4.74 Å². The van der Waals surface area contributed by atoms with Crippen molar-refractivity contribution >= 4 is 27.6 Å². The summed E-state index contributed by atoms with van der Waals surface area (Å²) in [6.45, 7) is 0.754. The Hall–Kier alpha value is -2.63. The van der Waals surface area contributed by atoms with E-state index in [1.54, 1.807) is 0 Å². The molecule has 0 spiro atoms. The van der Waals surface area contributed by atoms with Gasteiger partial charge in [-0.2, -0.15) is 13.5 Å². The van der Waals surface area contributed by atoms with Crippen LogP contribution in [0.15, 0.2) is 18.5 Å². The average molecular weight is 461 g/mol. The van der Waals surface area contributed by atoms with Crippen LogP contribution in [0.1, 0.15) is 47.9 Å². The van der Waals surface area contributed by atoms with E-state index in [0.29, 0.717) is 31.7 Å². The highest BCUT2D eigenvalue weighted by molar-refractivity contribution is 7.91. The standard InChI is InChI=1S/C21H26N5O5S/c27-21(24-20-18-5-1-3-14(18)11-15-4-2-6-19(15)20)26(28)32(29,30)25(17-12-22-23-13-17)16-7-9-31-10-8-16/h11-13,16H,1-10H2,(H,22,23)(H,24,27)/q-1. The van der Waals surface area contributed by atoms with Crippen LogP contribution < -0.4 is 9.62 Å². The third kappa shape index (κ3) is 3.63. The number of aromatic amines is 1. The number of nitrogens with one attached hydrogen (secondary N) is 2. The predicted molar refractivity (Wildman–Crippen MR) is 119 cm³/mol. The largest absolute Gasteiger partial charge is 0.740 e. The van der Waals surface area contributed by atoms with Crippen LogP contribution in [0.25, 0.3) is 0 Å². The number of hydrogen-bond acceptors (Lipinski definition) is 6. The van der Waals surface area contributed by atoms with Gasteiger partial charge in [0.1, 0.15) is 0 Å². The Kier molecular flexibility index (Phi) is 5.56. The van der Waals surface area contributed by atoms with E-state index < -0.39 is 26.8 Å². The minimum Gasteiger partial charge on any atom is -0.740 e. The zero-order valence-electron chi connectivity index (χ0n) is 17.7. The number of aromatic nitrogens is 2. The van der Waals surface area contributed by atoms with Crippen LogP contribution in [0, 0.1) is 5.21 Å². The number of benzene rings is 1. The molecular weight excluding hydrogens is 434 g/mol. The fourth-order valence-electron chi connectivity index (χ4n) is 5.12. The lowest BCUT2D eigenvalue weighted by Crippen LogP contribution is -2.51. The molecule has 1 aromatic carbocycles. The second kappa shape index (κ2) is 8.38. The maximum atomic E-state index is 13.3. The normalized spacial score (nSPS) is 18.3. The van der Waals surface area contributed by atoms with Crippen LogP contribution in [0.3, 0.4) is 0 Å². The number of hydrogen-bond donors (Lipinski definition) is 2. The monoisotopic (exact) mass is 460 g/mol. The molecule has 0 bridgehead atoms. The lowest BCUT2D eigenvalue weighted by atomic mass is 9.99. The predicted octanol–water partition coefficient (Wildman–Crippen LogP) is 2.65. The van der Waals surface area contributed by atoms with E-state index in [2.05, 4.69) is 21.6 Å². The van der Waals surface area contributed by atoms with Crippen molar-refractivity contribution in [2.45, 2.75) is 57.4 Å². The summed E-state index contributed by atoms with van der Waals surface area (Å²) in [5.41, 5.74) is 5.27. The molecule has 172 valence electrons. The van der Waals surface area contributed by atoms with Crippen molar-refractivity contribution in [3.8, 4) is 0 Å². The van der Waals surface area contributed by atoms with E-state index in [-0.39, 0.29) is 5.69 Å². The van der Waals surface area contributed by atoms with Gasteiger partial charge in [-0.1, -0.05) is 6.07 Å². The lowest BCUT2D eigenvalue weighted by Gasteiger charge is -2.39. The number of fused-ring (bicyclic) bond motifs is 2. The Labute approximate surface area is 186 Å². The van der Waals surface area contributed by atoms with Gasteiger partial charge in [-0.25, -0.2) is 9.10 Å². The second-order valence-electron chi connectivity index (χ2n) is 8.49. The van der Waals surface area contributed by atoms with Crippen molar-refractivity contribution in [2.75, 3.05) is 22.8 Å². The molecule has 2 aromatic rings. The number of amides is 2. The van der Waals surface area contributed by atoms with Crippen molar-refractivity contribution in [3.63, 3.8) is 0 Å². The average Bonchev–Trinajstić information content (AvgIpc) is 3.55. The van der Waals surface area contributed by atoms with E-state index in [1.165, 1.54) is 23.5 Å². The molecule has 2 amide bonds. The van der Waals surface area contributed by atoms with Crippen LogP contribution >= 0.6 is 0 Å². The Bertz CT molecular complexity index is 1080. The molecule has 0 radical (unpaired) electrons. The molecule has 1 saturated heterocycles. The van der Waals surface area contributed by atoms with Crippen LogP contribution in [-0.4, -0.2) is 48.4 Å². The molecule has 10 nitrogen and oxygen atoms in total. The third-order valence-corrected chi connectivity index (χ3v) is 8.18. The molecule has 2 N–H and O–H groups in total. The number of aryl methyl sites for hydroxylation is 2. The third-order valence-electron chi connectivity index (χ3n) is 6.59. The summed E-state index contributed by atoms with van der Waals surface area (Å²) in [7, 11) is -4.69. The minimum atomic E-state index is -4.69. The molecule has 0 atom stereocenters. The summed E-state index contributed by atoms with van der Waals surface area (Å²) >= 11 is 0. The number of H-pyrrole nitrogens is 1. The number of ether oxygens (including phenoxy) is 1. The molecular formula is C21H26N5O5S-. The summed E-state index contributed by atoms with van der Waals surface area (Å²) in [5, 5.41) is 22.0. The molecule has 0 unspecified atom stereocenters. The van der Waals surface area contributed by atoms with Gasteiger partial charge in [-0.05, 0) is 73.6 Å². The molecule has 2 heterocycles. The van der Waals surface area contributed by atoms with Gasteiger partial charge in [-0.15, -0.1) is 0 Å². The molecule has 3 aliphatic rings. The molecule has 1 aliphatic heterocycles. The number of nitrogens with zero attached hydrogens (tertiary/aromatic N) is 3. The fourth-order valence-corrected chi connectivity index (χ4v) is 6.49. The first-order chi connectivity index (χ1) is 15.5. The van der Waals surface area contributed by atoms with Crippen LogP contribution in [0.5, 0.6) is 0 Å². The van der Waals surface area contributed by atoms with Crippen LogP contribution in [-0.2, 0) is 40.6 Å². The van der Waals surface area contributed by atoms with E-state index >= 15 is 0 Å². The molecule has 1 aromatic heterocycles. The summed E-state index contributed by atoms with van der Waals surface area (Å²) in [6, 6.07) is 0.512. The highest BCUT2D eigenvalue weighted by Gasteiger charge is 2.36. The highest BCUT2D eigenvalue weighted by Crippen LogP contribution is 2.39. The summed E-state index contributed by atoms with van der Waals surface area (Å²) < 4.78 is 32.5. The van der Waals surface area contributed by atoms with Gasteiger partial charge in [0.2, 0.25) is 0 Å². The quantitative estimate of drug-likeness (QED) is 0.660. The maximum absolute atomic E-state index is 13.3. The van der Waals surface area contributed by atoms with Crippen molar-refractivity contribution in [3.05, 3.63) is 45.9 Å². The summed E-state index contributed by atoms with van der Waals surface area (Å²) in [4.78, 5) is 13.0. The SMILES string of the molecule is O=C(Nc1c2c(cc3c1CCC3)CCC2)N([O-])S(=O)(=O)N(c1cn[nH]c1)C1CCOCC1. The smallest absolute Gasteiger partial charge is 0.326 e. The number of hydroxylamine groups is 1. The first kappa shape index (κ1) is 21.2. The maximum Gasteiger partial charge on any atom is 0.326 e. The second-order valence-corrected chi connectivity index (χ2v) is 10.1. The van der Waals surface area contributed by atoms with Crippen LogP contribution in [0.4, 0.5) is 16.2 Å². The fraction of sp³-hybridized carbons (Fsp3) is 0.524. The first-order valence-corrected chi connectivity index (χ1v) is 12.4. The van der Waals surface area contributed by atoms with Crippen LogP contribution in [0.2, 0.25) is 0 Å². The van der Waals surface area contributed by atoms with Gasteiger partial charge in [-0.3, -0.25) is 9.57 Å². The molecule has 2 aliphatic carbocycles. The summed E-state index contributed by atoms with van der Waals surface area (Å²) in [5.74, 6) is 0. The van der Waals surface area contributed by atoms with Crippen molar-refractivity contribution in [2.24, 2.45) is 0 Å². The van der Waals surface area contributed by atoms with E-state index in [9.17, 15) is 18.4 Å². The number of carbonyl (C=O) groups is 1. The number of anilines is 2. The lowest BCUT2D eigenvalue weighted by molar-refractivity contribution is 0.0874. The highest BCUT2D eigenvalue weighted by atomic mass is 32.2. The number of urea groups is 1. The van der Waals surface area contributed by atoms with E-state index in [1.807, 2.05) is 0 Å². The Morgan fingerprint density at radius 3 is 2.38 bits per heavy atom. The Morgan fingerprint density at radius 1 is 1.12 bits per heavy atom. The van der Waals surface area contributed by atoms with Gasteiger partial charge in [0.05, 0.1) is 17.9 Å². The Balaban J connectivity index is 1.44. The number of rotatable bonds is 5. The zero-order chi connectivity index (χ0) is 22.3. The van der Waals surface area contributed by atoms with Gasteiger partial charge in [0.25, 0.3) is 0 Å². The molecule has 0 saturated carbocycles. The topological polar surface area (TPSA) is 131 Å². The van der Waals surface area contributed by atoms with Crippen molar-refractivity contribution in [1.29, 1.82) is 0 Å². The van der Waals surface area contributed by atoms with Gasteiger partial charge in [0.15, 0.2) is 0 Å². The Morgan fingerprint density at radius 2 is 1.78 bits per heavy atom. The summed E-state index contributed by atoms with van der Waals surface area (Å²) in [6.07, 6.45) is 9.02.